The number of hydrogen-bond donors (Lipinski definition) is 0. The van der Waals surface area contributed by atoms with Crippen molar-refractivity contribution in [3.8, 4) is 0 Å². The van der Waals surface area contributed by atoms with Crippen molar-refractivity contribution in [2.75, 3.05) is 4.90 Å². The maximum Gasteiger partial charge on any atom is 0.0413 e. The van der Waals surface area contributed by atoms with Gasteiger partial charge in [-0.3, -0.25) is 0 Å². The molecule has 1 heteroatoms. The van der Waals surface area contributed by atoms with Gasteiger partial charge in [0.1, 0.15) is 0 Å². The molecule has 0 aliphatic carbocycles. The van der Waals surface area contributed by atoms with Gasteiger partial charge in [0.2, 0.25) is 0 Å². The van der Waals surface area contributed by atoms with Crippen LogP contribution >= 0.6 is 0 Å². The summed E-state index contributed by atoms with van der Waals surface area (Å²) in [5.41, 5.74) is 5.63. The van der Waals surface area contributed by atoms with E-state index < -0.39 is 0 Å². The molecule has 2 aromatic carbocycles. The van der Waals surface area contributed by atoms with Gasteiger partial charge in [-0.05, 0) is 60.1 Å². The fraction of sp³-hybridized carbons (Fsp3) is 0.478. The molecule has 0 heterocycles. The fourth-order valence-electron chi connectivity index (χ4n) is 2.99. The van der Waals surface area contributed by atoms with Crippen LogP contribution < -0.4 is 4.90 Å². The summed E-state index contributed by atoms with van der Waals surface area (Å²) < 4.78 is 0. The highest BCUT2D eigenvalue weighted by atomic mass is 15.2. The van der Waals surface area contributed by atoms with Gasteiger partial charge in [-0.15, -0.1) is 0 Å². The first-order chi connectivity index (χ1) is 11.0. The Bertz CT molecular complexity index is 592. The molecule has 0 radical (unpaired) electrons. The van der Waals surface area contributed by atoms with Gasteiger partial charge >= 0.3 is 0 Å². The Morgan fingerprint density at radius 2 is 0.875 bits per heavy atom. The topological polar surface area (TPSA) is 3.24 Å². The van der Waals surface area contributed by atoms with Crippen LogP contribution in [-0.2, 0) is 10.8 Å². The maximum atomic E-state index is 2.40. The van der Waals surface area contributed by atoms with Gasteiger partial charge < -0.3 is 4.90 Å². The lowest BCUT2D eigenvalue weighted by atomic mass is 9.86. The second kappa shape index (κ2) is 6.63. The molecule has 2 aromatic rings. The summed E-state index contributed by atoms with van der Waals surface area (Å²) in [6.45, 7) is 18.0. The molecule has 0 unspecified atom stereocenters. The van der Waals surface area contributed by atoms with Crippen LogP contribution in [0.2, 0.25) is 0 Å². The molecule has 0 spiro atoms. The number of nitrogens with zero attached hydrogens (tertiary/aromatic N) is 1. The second-order valence-electron chi connectivity index (χ2n) is 9.06. The molecule has 0 fully saturated rings. The van der Waals surface area contributed by atoms with Gasteiger partial charge in [0.25, 0.3) is 0 Å². The average molecular weight is 324 g/mol. The third-order valence-corrected chi connectivity index (χ3v) is 4.54. The Morgan fingerprint density at radius 3 is 1.08 bits per heavy atom. The Labute approximate surface area is 148 Å². The van der Waals surface area contributed by atoms with E-state index in [1.54, 1.807) is 0 Å². The molecular formula is C23H33N. The quantitative estimate of drug-likeness (QED) is 0.598. The molecular weight excluding hydrogens is 290 g/mol. The molecule has 24 heavy (non-hydrogen) atoms. The average Bonchev–Trinajstić information content (AvgIpc) is 2.46. The van der Waals surface area contributed by atoms with Crippen LogP contribution in [0.15, 0.2) is 48.5 Å². The van der Waals surface area contributed by atoms with Crippen LogP contribution in [0.5, 0.6) is 0 Å². The van der Waals surface area contributed by atoms with Crippen molar-refractivity contribution < 1.29 is 0 Å². The number of benzene rings is 2. The van der Waals surface area contributed by atoms with Crippen LogP contribution in [-0.4, -0.2) is 6.04 Å². The van der Waals surface area contributed by atoms with E-state index >= 15 is 0 Å². The van der Waals surface area contributed by atoms with E-state index in [1.807, 2.05) is 0 Å². The summed E-state index contributed by atoms with van der Waals surface area (Å²) in [4.78, 5) is 2.40. The van der Waals surface area contributed by atoms with Crippen molar-refractivity contribution in [3.63, 3.8) is 0 Å². The van der Waals surface area contributed by atoms with Crippen molar-refractivity contribution >= 4 is 11.4 Å². The Hall–Kier alpha value is -1.76. The third kappa shape index (κ3) is 4.20. The predicted octanol–water partition coefficient (Wildman–Crippen LogP) is 6.83. The van der Waals surface area contributed by atoms with Crippen molar-refractivity contribution in [2.45, 2.75) is 72.3 Å². The van der Waals surface area contributed by atoms with E-state index in [9.17, 15) is 0 Å². The summed E-state index contributed by atoms with van der Waals surface area (Å²) >= 11 is 0. The molecule has 0 atom stereocenters. The molecule has 0 saturated heterocycles. The molecule has 1 nitrogen and oxygen atoms in total. The molecule has 130 valence electrons. The standard InChI is InChI=1S/C23H33N/c1-17(2)24(20-13-9-18(10-14-20)22(3,4)5)21-15-11-19(12-16-21)23(6,7)8/h9-17H,1-8H3. The lowest BCUT2D eigenvalue weighted by Gasteiger charge is -2.31. The maximum absolute atomic E-state index is 2.40. The van der Waals surface area contributed by atoms with Crippen LogP contribution in [0, 0.1) is 0 Å². The largest absolute Gasteiger partial charge is 0.339 e. The van der Waals surface area contributed by atoms with Gasteiger partial charge in [0.15, 0.2) is 0 Å². The third-order valence-electron chi connectivity index (χ3n) is 4.54. The monoisotopic (exact) mass is 323 g/mol. The van der Waals surface area contributed by atoms with Gasteiger partial charge in [0, 0.05) is 17.4 Å². The minimum absolute atomic E-state index is 0.190. The zero-order valence-electron chi connectivity index (χ0n) is 16.6. The van der Waals surface area contributed by atoms with E-state index in [0.717, 1.165) is 0 Å². The van der Waals surface area contributed by atoms with E-state index in [-0.39, 0.29) is 10.8 Å². The molecule has 0 aliphatic rings. The molecule has 0 aromatic heterocycles. The van der Waals surface area contributed by atoms with Crippen LogP contribution in [0.4, 0.5) is 11.4 Å². The summed E-state index contributed by atoms with van der Waals surface area (Å²) in [7, 11) is 0. The highest BCUT2D eigenvalue weighted by molar-refractivity contribution is 5.65. The molecule has 0 saturated carbocycles. The highest BCUT2D eigenvalue weighted by Crippen LogP contribution is 2.32. The summed E-state index contributed by atoms with van der Waals surface area (Å²) in [5, 5.41) is 0. The molecule has 0 amide bonds. The molecule has 0 N–H and O–H groups in total. The summed E-state index contributed by atoms with van der Waals surface area (Å²) in [5.74, 6) is 0. The van der Waals surface area contributed by atoms with E-state index in [1.165, 1.54) is 22.5 Å². The Balaban J connectivity index is 2.36. The van der Waals surface area contributed by atoms with Gasteiger partial charge in [-0.1, -0.05) is 65.8 Å². The Morgan fingerprint density at radius 1 is 0.583 bits per heavy atom. The van der Waals surface area contributed by atoms with Crippen LogP contribution in [0.1, 0.15) is 66.5 Å². The van der Waals surface area contributed by atoms with E-state index in [4.69, 9.17) is 0 Å². The first kappa shape index (κ1) is 18.6. The molecule has 0 bridgehead atoms. The second-order valence-corrected chi connectivity index (χ2v) is 9.06. The molecule has 0 aliphatic heterocycles. The zero-order chi connectivity index (χ0) is 18.1. The smallest absolute Gasteiger partial charge is 0.0413 e. The van der Waals surface area contributed by atoms with Gasteiger partial charge in [-0.25, -0.2) is 0 Å². The number of hydrogen-bond acceptors (Lipinski definition) is 1. The number of anilines is 2. The Kier molecular flexibility index (Phi) is 5.13. The van der Waals surface area contributed by atoms with Crippen molar-refractivity contribution in [3.05, 3.63) is 59.7 Å². The minimum atomic E-state index is 0.190. The van der Waals surface area contributed by atoms with Crippen molar-refractivity contribution in [1.82, 2.24) is 0 Å². The first-order valence-corrected chi connectivity index (χ1v) is 9.00. The van der Waals surface area contributed by atoms with E-state index in [2.05, 4.69) is 109 Å². The summed E-state index contributed by atoms with van der Waals surface area (Å²) in [6, 6.07) is 18.4. The van der Waals surface area contributed by atoms with Crippen LogP contribution in [0.25, 0.3) is 0 Å². The highest BCUT2D eigenvalue weighted by Gasteiger charge is 2.18. The summed E-state index contributed by atoms with van der Waals surface area (Å²) in [6.07, 6.45) is 0. The lowest BCUT2D eigenvalue weighted by Crippen LogP contribution is -2.25. The van der Waals surface area contributed by atoms with E-state index in [0.29, 0.717) is 6.04 Å². The normalized spacial score (nSPS) is 12.5. The van der Waals surface area contributed by atoms with Crippen molar-refractivity contribution in [2.24, 2.45) is 0 Å². The zero-order valence-corrected chi connectivity index (χ0v) is 16.6. The molecule has 2 rings (SSSR count). The lowest BCUT2D eigenvalue weighted by molar-refractivity contribution is 0.590. The number of rotatable bonds is 3. The minimum Gasteiger partial charge on any atom is -0.339 e. The van der Waals surface area contributed by atoms with Gasteiger partial charge in [-0.2, -0.15) is 0 Å². The van der Waals surface area contributed by atoms with Crippen molar-refractivity contribution in [1.29, 1.82) is 0 Å². The predicted molar refractivity (Wildman–Crippen MR) is 108 cm³/mol. The first-order valence-electron chi connectivity index (χ1n) is 9.00. The SMILES string of the molecule is CC(C)N(c1ccc(C(C)(C)C)cc1)c1ccc(C(C)(C)C)cc1. The van der Waals surface area contributed by atoms with Crippen LogP contribution in [0.3, 0.4) is 0 Å². The van der Waals surface area contributed by atoms with Gasteiger partial charge in [0.05, 0.1) is 0 Å². The fourth-order valence-corrected chi connectivity index (χ4v) is 2.99.